The predicted octanol–water partition coefficient (Wildman–Crippen LogP) is 1.59. The molecule has 0 N–H and O–H groups in total. The molecule has 1 rings (SSSR count). The molecule has 1 fully saturated rings. The molecule has 0 aromatic heterocycles. The van der Waals surface area contributed by atoms with Gasteiger partial charge in [0.05, 0.1) is 0 Å². The zero-order chi connectivity index (χ0) is 10.0. The van der Waals surface area contributed by atoms with E-state index in [1.807, 2.05) is 6.08 Å². The van der Waals surface area contributed by atoms with E-state index in [0.717, 1.165) is 13.1 Å². The maximum absolute atomic E-state index is 3.85. The molecule has 0 bridgehead atoms. The Hall–Kier alpha value is -0.340. The topological polar surface area (TPSA) is 6.48 Å². The number of piperazine rings is 1. The van der Waals surface area contributed by atoms with Gasteiger partial charge in [0.2, 0.25) is 0 Å². The van der Waals surface area contributed by atoms with Crippen LogP contribution in [-0.2, 0) is 0 Å². The smallest absolute Gasteiger partial charge is 0.0248 e. The molecule has 0 aromatic carbocycles. The molecule has 0 aromatic rings. The van der Waals surface area contributed by atoms with Crippen LogP contribution in [0.3, 0.4) is 0 Å². The molecule has 1 saturated heterocycles. The van der Waals surface area contributed by atoms with E-state index in [9.17, 15) is 0 Å². The van der Waals surface area contributed by atoms with Gasteiger partial charge in [0.25, 0.3) is 0 Å². The standard InChI is InChI=1S/C11H22N2/c1-6-9(2)13-7-10(3)12(5)11(4)8-13/h6,9-11H,1,7-8H2,2-5H3/t9?,10-,11+. The van der Waals surface area contributed by atoms with Gasteiger partial charge >= 0.3 is 0 Å². The van der Waals surface area contributed by atoms with Gasteiger partial charge in [0.1, 0.15) is 0 Å². The predicted molar refractivity (Wildman–Crippen MR) is 57.9 cm³/mol. The molecule has 1 aliphatic heterocycles. The molecule has 0 saturated carbocycles. The van der Waals surface area contributed by atoms with Crippen LogP contribution in [0.5, 0.6) is 0 Å². The molecule has 0 spiro atoms. The van der Waals surface area contributed by atoms with Gasteiger partial charge in [-0.3, -0.25) is 9.80 Å². The Kier molecular flexibility index (Phi) is 3.51. The number of likely N-dealkylation sites (N-methyl/N-ethyl adjacent to an activating group) is 1. The van der Waals surface area contributed by atoms with Gasteiger partial charge in [0, 0.05) is 31.2 Å². The summed E-state index contributed by atoms with van der Waals surface area (Å²) in [7, 11) is 2.21. The Morgan fingerprint density at radius 1 is 1.31 bits per heavy atom. The van der Waals surface area contributed by atoms with Crippen LogP contribution >= 0.6 is 0 Å². The molecule has 2 heteroatoms. The van der Waals surface area contributed by atoms with Crippen molar-refractivity contribution < 1.29 is 0 Å². The molecule has 1 heterocycles. The van der Waals surface area contributed by atoms with E-state index in [-0.39, 0.29) is 0 Å². The molecule has 76 valence electrons. The lowest BCUT2D eigenvalue weighted by atomic mass is 10.1. The highest BCUT2D eigenvalue weighted by Crippen LogP contribution is 2.15. The van der Waals surface area contributed by atoms with E-state index in [2.05, 4.69) is 44.2 Å². The van der Waals surface area contributed by atoms with Crippen molar-refractivity contribution in [1.82, 2.24) is 9.80 Å². The van der Waals surface area contributed by atoms with Crippen molar-refractivity contribution in [3.8, 4) is 0 Å². The monoisotopic (exact) mass is 182 g/mol. The second-order valence-corrected chi connectivity index (χ2v) is 4.29. The molecule has 0 aliphatic carbocycles. The first-order valence-electron chi connectivity index (χ1n) is 5.14. The molecular weight excluding hydrogens is 160 g/mol. The Morgan fingerprint density at radius 3 is 2.15 bits per heavy atom. The van der Waals surface area contributed by atoms with Crippen molar-refractivity contribution >= 4 is 0 Å². The fraction of sp³-hybridized carbons (Fsp3) is 0.818. The van der Waals surface area contributed by atoms with Crippen LogP contribution in [0.25, 0.3) is 0 Å². The molecule has 13 heavy (non-hydrogen) atoms. The van der Waals surface area contributed by atoms with E-state index < -0.39 is 0 Å². The molecular formula is C11H22N2. The SMILES string of the molecule is C=CC(C)N1C[C@@H](C)N(C)[C@@H](C)C1. The highest BCUT2D eigenvalue weighted by Gasteiger charge is 2.27. The van der Waals surface area contributed by atoms with Gasteiger partial charge < -0.3 is 0 Å². The summed E-state index contributed by atoms with van der Waals surface area (Å²) in [4.78, 5) is 4.95. The average molecular weight is 182 g/mol. The van der Waals surface area contributed by atoms with Gasteiger partial charge in [-0.15, -0.1) is 6.58 Å². The average Bonchev–Trinajstić information content (AvgIpc) is 2.12. The summed E-state index contributed by atoms with van der Waals surface area (Å²) in [6.07, 6.45) is 2.03. The van der Waals surface area contributed by atoms with Gasteiger partial charge in [-0.25, -0.2) is 0 Å². The molecule has 0 amide bonds. The quantitative estimate of drug-likeness (QED) is 0.598. The van der Waals surface area contributed by atoms with Crippen molar-refractivity contribution in [1.29, 1.82) is 0 Å². The second-order valence-electron chi connectivity index (χ2n) is 4.29. The molecule has 2 nitrogen and oxygen atoms in total. The van der Waals surface area contributed by atoms with Crippen LogP contribution in [-0.4, -0.2) is 48.1 Å². The maximum atomic E-state index is 3.85. The summed E-state index contributed by atoms with van der Waals surface area (Å²) in [5.74, 6) is 0. The Balaban J connectivity index is 2.57. The van der Waals surface area contributed by atoms with Crippen molar-refractivity contribution in [2.75, 3.05) is 20.1 Å². The first-order chi connectivity index (χ1) is 6.06. The van der Waals surface area contributed by atoms with E-state index in [4.69, 9.17) is 0 Å². The molecule has 1 aliphatic rings. The van der Waals surface area contributed by atoms with Crippen molar-refractivity contribution in [3.63, 3.8) is 0 Å². The Morgan fingerprint density at radius 2 is 1.77 bits per heavy atom. The van der Waals surface area contributed by atoms with Crippen LogP contribution in [0.4, 0.5) is 0 Å². The number of rotatable bonds is 2. The largest absolute Gasteiger partial charge is 0.298 e. The first-order valence-corrected chi connectivity index (χ1v) is 5.14. The number of hydrogen-bond donors (Lipinski definition) is 0. The third-order valence-corrected chi connectivity index (χ3v) is 3.31. The zero-order valence-corrected chi connectivity index (χ0v) is 9.33. The summed E-state index contributed by atoms with van der Waals surface area (Å²) in [6.45, 7) is 13.0. The normalized spacial score (nSPS) is 34.5. The van der Waals surface area contributed by atoms with Crippen molar-refractivity contribution in [2.24, 2.45) is 0 Å². The van der Waals surface area contributed by atoms with Crippen LogP contribution in [0.1, 0.15) is 20.8 Å². The van der Waals surface area contributed by atoms with E-state index >= 15 is 0 Å². The lowest BCUT2D eigenvalue weighted by Gasteiger charge is -2.44. The Bertz CT molecular complexity index is 167. The van der Waals surface area contributed by atoms with Crippen LogP contribution in [0.15, 0.2) is 12.7 Å². The van der Waals surface area contributed by atoms with Gasteiger partial charge in [-0.05, 0) is 27.8 Å². The Labute approximate surface area is 82.2 Å². The summed E-state index contributed by atoms with van der Waals surface area (Å²) in [5, 5.41) is 0. The minimum absolute atomic E-state index is 0.513. The fourth-order valence-corrected chi connectivity index (χ4v) is 1.93. The first kappa shape index (κ1) is 10.7. The lowest BCUT2D eigenvalue weighted by molar-refractivity contribution is 0.0487. The number of hydrogen-bond acceptors (Lipinski definition) is 2. The van der Waals surface area contributed by atoms with Crippen LogP contribution in [0, 0.1) is 0 Å². The van der Waals surface area contributed by atoms with Crippen molar-refractivity contribution in [2.45, 2.75) is 38.9 Å². The van der Waals surface area contributed by atoms with E-state index in [0.29, 0.717) is 18.1 Å². The number of nitrogens with zero attached hydrogens (tertiary/aromatic N) is 2. The van der Waals surface area contributed by atoms with E-state index in [1.54, 1.807) is 0 Å². The summed E-state index contributed by atoms with van der Waals surface area (Å²) < 4.78 is 0. The molecule has 0 radical (unpaired) electrons. The lowest BCUT2D eigenvalue weighted by Crippen LogP contribution is -2.56. The van der Waals surface area contributed by atoms with Crippen molar-refractivity contribution in [3.05, 3.63) is 12.7 Å². The van der Waals surface area contributed by atoms with Crippen LogP contribution in [0.2, 0.25) is 0 Å². The summed E-state index contributed by atoms with van der Waals surface area (Å²) >= 11 is 0. The second kappa shape index (κ2) is 4.25. The maximum Gasteiger partial charge on any atom is 0.0248 e. The molecule has 1 unspecified atom stereocenters. The summed E-state index contributed by atoms with van der Waals surface area (Å²) in [6, 6.07) is 1.83. The fourth-order valence-electron chi connectivity index (χ4n) is 1.93. The van der Waals surface area contributed by atoms with Gasteiger partial charge in [-0.1, -0.05) is 6.08 Å². The highest BCUT2D eigenvalue weighted by atomic mass is 15.3. The van der Waals surface area contributed by atoms with E-state index in [1.165, 1.54) is 0 Å². The minimum atomic E-state index is 0.513. The van der Waals surface area contributed by atoms with Gasteiger partial charge in [0.15, 0.2) is 0 Å². The third-order valence-electron chi connectivity index (χ3n) is 3.31. The molecule has 3 atom stereocenters. The van der Waals surface area contributed by atoms with Crippen LogP contribution < -0.4 is 0 Å². The summed E-state index contributed by atoms with van der Waals surface area (Å²) in [5.41, 5.74) is 0. The van der Waals surface area contributed by atoms with Gasteiger partial charge in [-0.2, -0.15) is 0 Å². The minimum Gasteiger partial charge on any atom is -0.298 e. The highest BCUT2D eigenvalue weighted by molar-refractivity contribution is 4.91. The third kappa shape index (κ3) is 2.32. The zero-order valence-electron chi connectivity index (χ0n) is 9.33.